The molecule has 2 rings (SSSR count). The number of aromatic nitrogens is 1. The van der Waals surface area contributed by atoms with Crippen molar-refractivity contribution in [1.82, 2.24) is 4.98 Å². The quantitative estimate of drug-likeness (QED) is 0.690. The molecule has 0 spiro atoms. The first-order valence-electron chi connectivity index (χ1n) is 5.28. The first kappa shape index (κ1) is 13.6. The summed E-state index contributed by atoms with van der Waals surface area (Å²) in [5.74, 6) is -0.0827. The molecule has 0 fully saturated rings. The molecule has 0 unspecified atom stereocenters. The fraction of sp³-hybridized carbons (Fsp3) is 0.0833. The van der Waals surface area contributed by atoms with Gasteiger partial charge in [0.25, 0.3) is 0 Å². The third-order valence-electron chi connectivity index (χ3n) is 2.43. The first-order chi connectivity index (χ1) is 9.15. The predicted octanol–water partition coefficient (Wildman–Crippen LogP) is 2.46. The summed E-state index contributed by atoms with van der Waals surface area (Å²) in [6, 6.07) is 7.49. The monoisotopic (exact) mass is 280 g/mol. The van der Waals surface area contributed by atoms with Gasteiger partial charge in [0.2, 0.25) is 5.88 Å². The van der Waals surface area contributed by atoms with E-state index in [-0.39, 0.29) is 22.6 Å². The van der Waals surface area contributed by atoms with Crippen LogP contribution in [0.2, 0.25) is 5.15 Å². The zero-order valence-corrected chi connectivity index (χ0v) is 10.7. The van der Waals surface area contributed by atoms with E-state index in [0.29, 0.717) is 18.8 Å². The molecule has 1 N–H and O–H groups in total. The minimum absolute atomic E-state index is 0.0233. The molecule has 0 aliphatic heterocycles. The first-order valence-corrected chi connectivity index (χ1v) is 5.66. The van der Waals surface area contributed by atoms with Gasteiger partial charge in [-0.1, -0.05) is 23.7 Å². The second kappa shape index (κ2) is 5.90. The number of methoxy groups -OCH3 is 1. The number of nitrogens with zero attached hydrogens (tertiary/aromatic N) is 1. The van der Waals surface area contributed by atoms with Crippen LogP contribution in [0.15, 0.2) is 30.3 Å². The minimum atomic E-state index is -0.378. The van der Waals surface area contributed by atoms with Crippen LogP contribution in [-0.2, 0) is 0 Å². The number of hydrogen-bond donors (Lipinski definition) is 1. The Morgan fingerprint density at radius 2 is 2.16 bits per heavy atom. The lowest BCUT2D eigenvalue weighted by Crippen LogP contribution is -2.04. The van der Waals surface area contributed by atoms with Gasteiger partial charge in [-0.25, -0.2) is 4.39 Å². The highest BCUT2D eigenvalue weighted by Crippen LogP contribution is 2.35. The van der Waals surface area contributed by atoms with Crippen molar-refractivity contribution in [3.05, 3.63) is 41.3 Å². The molecule has 0 saturated carbocycles. The van der Waals surface area contributed by atoms with E-state index >= 15 is 0 Å². The maximum absolute atomic E-state index is 13.2. The van der Waals surface area contributed by atoms with Gasteiger partial charge in [-0.3, -0.25) is 0 Å². The lowest BCUT2D eigenvalue weighted by Gasteiger charge is -2.11. The molecule has 1 radical (unpaired) electrons. The lowest BCUT2D eigenvalue weighted by atomic mass is 10.1. The number of rotatable bonds is 4. The van der Waals surface area contributed by atoms with Gasteiger partial charge >= 0.3 is 7.69 Å². The smallest absolute Gasteiger partial charge is 0.521 e. The van der Waals surface area contributed by atoms with Crippen molar-refractivity contribution in [3.63, 3.8) is 0 Å². The molecule has 0 amide bonds. The molecule has 4 nitrogen and oxygen atoms in total. The van der Waals surface area contributed by atoms with Crippen molar-refractivity contribution in [3.8, 4) is 22.8 Å². The van der Waals surface area contributed by atoms with E-state index in [0.717, 1.165) is 0 Å². The van der Waals surface area contributed by atoms with E-state index < -0.39 is 0 Å². The third-order valence-corrected chi connectivity index (χ3v) is 2.72. The van der Waals surface area contributed by atoms with Gasteiger partial charge in [0.15, 0.2) is 5.75 Å². The standard InChI is InChI=1S/C12H9BClFNO3/c1-18-10-6-9(7-3-2-4-8(15)5-7)11(14)16-12(10)19-13-17/h2-6,17H,1H3. The topological polar surface area (TPSA) is 51.6 Å². The van der Waals surface area contributed by atoms with Gasteiger partial charge in [-0.2, -0.15) is 4.98 Å². The third kappa shape index (κ3) is 2.97. The summed E-state index contributed by atoms with van der Waals surface area (Å²) < 4.78 is 23.0. The molecule has 2 aromatic rings. The van der Waals surface area contributed by atoms with Crippen molar-refractivity contribution >= 4 is 19.3 Å². The summed E-state index contributed by atoms with van der Waals surface area (Å²) in [5, 5.41) is 8.73. The van der Waals surface area contributed by atoms with Crippen molar-refractivity contribution in [1.29, 1.82) is 0 Å². The molecule has 1 aromatic carbocycles. The Labute approximate surface area is 115 Å². The summed E-state index contributed by atoms with van der Waals surface area (Å²) >= 11 is 6.02. The largest absolute Gasteiger partial charge is 0.570 e. The highest BCUT2D eigenvalue weighted by atomic mass is 35.5. The van der Waals surface area contributed by atoms with Gasteiger partial charge in [0.05, 0.1) is 7.11 Å². The summed E-state index contributed by atoms with van der Waals surface area (Å²) in [6.07, 6.45) is 0. The Hall–Kier alpha value is -1.79. The Kier molecular flexibility index (Phi) is 4.24. The van der Waals surface area contributed by atoms with Crippen molar-refractivity contribution < 1.29 is 18.8 Å². The number of hydrogen-bond acceptors (Lipinski definition) is 4. The van der Waals surface area contributed by atoms with Crippen LogP contribution in [0.3, 0.4) is 0 Å². The van der Waals surface area contributed by atoms with Crippen LogP contribution in [0.25, 0.3) is 11.1 Å². The second-order valence-electron chi connectivity index (χ2n) is 3.57. The summed E-state index contributed by atoms with van der Waals surface area (Å²) in [4.78, 5) is 3.94. The molecule has 1 aromatic heterocycles. The fourth-order valence-electron chi connectivity index (χ4n) is 1.60. The van der Waals surface area contributed by atoms with Crippen LogP contribution >= 0.6 is 11.6 Å². The highest BCUT2D eigenvalue weighted by molar-refractivity contribution is 6.32. The summed E-state index contributed by atoms with van der Waals surface area (Å²) in [5.41, 5.74) is 1.07. The van der Waals surface area contributed by atoms with Crippen LogP contribution in [0.1, 0.15) is 0 Å². The van der Waals surface area contributed by atoms with Gasteiger partial charge in [0, 0.05) is 5.56 Å². The second-order valence-corrected chi connectivity index (χ2v) is 3.93. The number of benzene rings is 1. The van der Waals surface area contributed by atoms with Crippen LogP contribution in [0, 0.1) is 5.82 Å². The molecule has 0 bridgehead atoms. The number of pyridine rings is 1. The fourth-order valence-corrected chi connectivity index (χ4v) is 1.84. The summed E-state index contributed by atoms with van der Waals surface area (Å²) in [6.45, 7) is 0. The average Bonchev–Trinajstić information content (AvgIpc) is 2.39. The maximum Gasteiger partial charge on any atom is 0.570 e. The van der Waals surface area contributed by atoms with Crippen molar-refractivity contribution in [2.45, 2.75) is 0 Å². The van der Waals surface area contributed by atoms with E-state index in [2.05, 4.69) is 4.98 Å². The molecule has 0 aliphatic carbocycles. The lowest BCUT2D eigenvalue weighted by molar-refractivity contribution is 0.374. The zero-order valence-electron chi connectivity index (χ0n) is 9.93. The van der Waals surface area contributed by atoms with Crippen LogP contribution in [-0.4, -0.2) is 24.8 Å². The molecule has 0 atom stereocenters. The average molecular weight is 280 g/mol. The van der Waals surface area contributed by atoms with Crippen molar-refractivity contribution in [2.75, 3.05) is 7.11 Å². The van der Waals surface area contributed by atoms with E-state index in [1.165, 1.54) is 19.2 Å². The highest BCUT2D eigenvalue weighted by Gasteiger charge is 2.14. The SMILES string of the molecule is COc1cc(-c2cccc(F)c2)c(Cl)nc1O[B]O. The van der Waals surface area contributed by atoms with Gasteiger partial charge in [-0.05, 0) is 23.8 Å². The molecule has 1 heterocycles. The van der Waals surface area contributed by atoms with Crippen LogP contribution in [0.4, 0.5) is 4.39 Å². The van der Waals surface area contributed by atoms with E-state index in [1.54, 1.807) is 18.2 Å². The molecule has 0 saturated heterocycles. The normalized spacial score (nSPS) is 10.1. The molecule has 7 heteroatoms. The maximum atomic E-state index is 13.2. The van der Waals surface area contributed by atoms with Gasteiger partial charge < -0.3 is 14.4 Å². The van der Waals surface area contributed by atoms with E-state index in [1.807, 2.05) is 0 Å². The Morgan fingerprint density at radius 1 is 1.37 bits per heavy atom. The molecule has 19 heavy (non-hydrogen) atoms. The molecule has 97 valence electrons. The van der Waals surface area contributed by atoms with Crippen molar-refractivity contribution in [2.24, 2.45) is 0 Å². The Bertz CT molecular complexity index is 597. The number of ether oxygens (including phenoxy) is 1. The minimum Gasteiger partial charge on any atom is -0.521 e. The Balaban J connectivity index is 2.52. The zero-order chi connectivity index (χ0) is 13.8. The van der Waals surface area contributed by atoms with E-state index in [4.69, 9.17) is 26.0 Å². The van der Waals surface area contributed by atoms with Gasteiger partial charge in [0.1, 0.15) is 11.0 Å². The van der Waals surface area contributed by atoms with Crippen LogP contribution < -0.4 is 9.39 Å². The summed E-state index contributed by atoms with van der Waals surface area (Å²) in [7, 11) is 1.90. The van der Waals surface area contributed by atoms with Crippen LogP contribution in [0.5, 0.6) is 11.6 Å². The van der Waals surface area contributed by atoms with Gasteiger partial charge in [-0.15, -0.1) is 0 Å². The Morgan fingerprint density at radius 3 is 2.79 bits per heavy atom. The molecular weight excluding hydrogens is 271 g/mol. The van der Waals surface area contributed by atoms with E-state index in [9.17, 15) is 4.39 Å². The predicted molar refractivity (Wildman–Crippen MR) is 69.8 cm³/mol. The number of halogens is 2. The molecular formula is C12H9BClFNO3. The molecule has 0 aliphatic rings.